The molecular formula is C18H14Cl5NO2. The van der Waals surface area contributed by atoms with E-state index in [4.69, 9.17) is 58.0 Å². The van der Waals surface area contributed by atoms with Crippen LogP contribution in [0.2, 0.25) is 10.0 Å². The number of ketones is 1. The maximum absolute atomic E-state index is 12.5. The number of alkyl halides is 3. The molecule has 0 aliphatic rings. The zero-order chi connectivity index (χ0) is 19.3. The molecule has 2 aromatic carbocycles. The Morgan fingerprint density at radius 1 is 0.962 bits per heavy atom. The SMILES string of the molecule is O=C(C[C@@H](CC(=O)c1ccc(Cl)cc1Cl)C(Cl)(Cl)Cl)Nc1ccccc1. The Labute approximate surface area is 176 Å². The molecule has 0 heterocycles. The van der Waals surface area contributed by atoms with Gasteiger partial charge in [-0.2, -0.15) is 0 Å². The van der Waals surface area contributed by atoms with Gasteiger partial charge in [-0.15, -0.1) is 0 Å². The van der Waals surface area contributed by atoms with Crippen molar-refractivity contribution >= 4 is 75.4 Å². The molecule has 0 saturated heterocycles. The third-order valence-corrected chi connectivity index (χ3v) is 5.09. The Morgan fingerprint density at radius 2 is 1.62 bits per heavy atom. The van der Waals surface area contributed by atoms with E-state index >= 15 is 0 Å². The highest BCUT2D eigenvalue weighted by Gasteiger charge is 2.36. The second-order valence-electron chi connectivity index (χ2n) is 5.61. The number of benzene rings is 2. The first-order chi connectivity index (χ1) is 12.2. The van der Waals surface area contributed by atoms with Crippen molar-refractivity contribution in [3.05, 3.63) is 64.1 Å². The standard InChI is InChI=1S/C18H14Cl5NO2/c19-12-6-7-14(15(20)10-12)16(25)8-11(18(21,22)23)9-17(26)24-13-4-2-1-3-5-13/h1-7,10-11H,8-9H2,(H,24,26)/t11-/m1/s1. The predicted octanol–water partition coefficient (Wildman–Crippen LogP) is 6.58. The van der Waals surface area contributed by atoms with Gasteiger partial charge in [-0.3, -0.25) is 9.59 Å². The molecular weight excluding hydrogens is 439 g/mol. The molecule has 0 aliphatic carbocycles. The van der Waals surface area contributed by atoms with Crippen LogP contribution < -0.4 is 5.32 Å². The Hall–Kier alpha value is -0.970. The van der Waals surface area contributed by atoms with Crippen molar-refractivity contribution in [2.45, 2.75) is 16.6 Å². The summed E-state index contributed by atoms with van der Waals surface area (Å²) in [6, 6.07) is 13.4. The highest BCUT2D eigenvalue weighted by molar-refractivity contribution is 6.67. The minimum atomic E-state index is -1.79. The highest BCUT2D eigenvalue weighted by atomic mass is 35.6. The normalized spacial score (nSPS) is 12.5. The van der Waals surface area contributed by atoms with Crippen LogP contribution >= 0.6 is 58.0 Å². The van der Waals surface area contributed by atoms with Crippen LogP contribution in [0.15, 0.2) is 48.5 Å². The Bertz CT molecular complexity index is 790. The summed E-state index contributed by atoms with van der Waals surface area (Å²) < 4.78 is -1.79. The molecule has 0 aromatic heterocycles. The maximum atomic E-state index is 12.5. The van der Waals surface area contributed by atoms with Gasteiger partial charge in [0.1, 0.15) is 0 Å². The van der Waals surface area contributed by atoms with Crippen LogP contribution in [0.5, 0.6) is 0 Å². The molecule has 2 aromatic rings. The first-order valence-electron chi connectivity index (χ1n) is 7.56. The van der Waals surface area contributed by atoms with Gasteiger partial charge in [-0.1, -0.05) is 76.2 Å². The van der Waals surface area contributed by atoms with Gasteiger partial charge in [-0.25, -0.2) is 0 Å². The van der Waals surface area contributed by atoms with Crippen LogP contribution in [0.3, 0.4) is 0 Å². The molecule has 0 radical (unpaired) electrons. The van der Waals surface area contributed by atoms with Crippen molar-refractivity contribution in [1.29, 1.82) is 0 Å². The molecule has 138 valence electrons. The third-order valence-electron chi connectivity index (χ3n) is 3.62. The number of hydrogen-bond donors (Lipinski definition) is 1. The molecule has 0 unspecified atom stereocenters. The largest absolute Gasteiger partial charge is 0.326 e. The molecule has 0 spiro atoms. The zero-order valence-electron chi connectivity index (χ0n) is 13.3. The monoisotopic (exact) mass is 451 g/mol. The van der Waals surface area contributed by atoms with Gasteiger partial charge in [0.2, 0.25) is 5.91 Å². The lowest BCUT2D eigenvalue weighted by Crippen LogP contribution is -2.28. The average molecular weight is 454 g/mol. The van der Waals surface area contributed by atoms with Gasteiger partial charge in [0.25, 0.3) is 0 Å². The van der Waals surface area contributed by atoms with E-state index in [2.05, 4.69) is 5.32 Å². The molecule has 0 aliphatic heterocycles. The van der Waals surface area contributed by atoms with Crippen LogP contribution in [0.4, 0.5) is 5.69 Å². The second-order valence-corrected chi connectivity index (χ2v) is 8.82. The summed E-state index contributed by atoms with van der Waals surface area (Å²) >= 11 is 29.8. The van der Waals surface area contributed by atoms with Crippen LogP contribution in [-0.2, 0) is 4.79 Å². The number of anilines is 1. The summed E-state index contributed by atoms with van der Waals surface area (Å²) in [5.41, 5.74) is 0.881. The van der Waals surface area contributed by atoms with E-state index in [1.54, 1.807) is 30.3 Å². The summed E-state index contributed by atoms with van der Waals surface area (Å²) in [5.74, 6) is -1.52. The summed E-state index contributed by atoms with van der Waals surface area (Å²) in [4.78, 5) is 24.8. The minimum Gasteiger partial charge on any atom is -0.326 e. The quantitative estimate of drug-likeness (QED) is 0.397. The zero-order valence-corrected chi connectivity index (χ0v) is 17.1. The van der Waals surface area contributed by atoms with Gasteiger partial charge >= 0.3 is 0 Å². The predicted molar refractivity (Wildman–Crippen MR) is 109 cm³/mol. The molecule has 1 N–H and O–H groups in total. The van der Waals surface area contributed by atoms with Crippen molar-refractivity contribution in [2.24, 2.45) is 5.92 Å². The van der Waals surface area contributed by atoms with E-state index in [1.165, 1.54) is 12.1 Å². The summed E-state index contributed by atoms with van der Waals surface area (Å²) in [5, 5.41) is 3.32. The van der Waals surface area contributed by atoms with E-state index in [-0.39, 0.29) is 35.1 Å². The van der Waals surface area contributed by atoms with Crippen LogP contribution in [0.25, 0.3) is 0 Å². The number of carbonyl (C=O) groups excluding carboxylic acids is 2. The van der Waals surface area contributed by atoms with Crippen molar-refractivity contribution in [3.8, 4) is 0 Å². The van der Waals surface area contributed by atoms with Gasteiger partial charge in [0, 0.05) is 35.0 Å². The molecule has 1 amide bonds. The lowest BCUT2D eigenvalue weighted by molar-refractivity contribution is -0.117. The van der Waals surface area contributed by atoms with Crippen molar-refractivity contribution < 1.29 is 9.59 Å². The molecule has 0 bridgehead atoms. The number of halogens is 5. The van der Waals surface area contributed by atoms with Crippen molar-refractivity contribution in [1.82, 2.24) is 0 Å². The lowest BCUT2D eigenvalue weighted by atomic mass is 9.96. The summed E-state index contributed by atoms with van der Waals surface area (Å²) in [7, 11) is 0. The van der Waals surface area contributed by atoms with Crippen LogP contribution in [0.1, 0.15) is 23.2 Å². The fraction of sp³-hybridized carbons (Fsp3) is 0.222. The number of para-hydroxylation sites is 1. The molecule has 3 nitrogen and oxygen atoms in total. The fourth-order valence-corrected chi connectivity index (χ4v) is 3.29. The Morgan fingerprint density at radius 3 is 2.19 bits per heavy atom. The van der Waals surface area contributed by atoms with Gasteiger partial charge in [0.05, 0.1) is 5.02 Å². The second kappa shape index (κ2) is 9.29. The molecule has 1 atom stereocenters. The first kappa shape index (κ1) is 21.3. The highest BCUT2D eigenvalue weighted by Crippen LogP contribution is 2.40. The first-order valence-corrected chi connectivity index (χ1v) is 9.45. The smallest absolute Gasteiger partial charge is 0.224 e. The average Bonchev–Trinajstić information content (AvgIpc) is 2.54. The number of Topliss-reactive ketones (excluding diaryl/α,β-unsaturated/α-hetero) is 1. The Balaban J connectivity index is 2.10. The van der Waals surface area contributed by atoms with E-state index in [0.717, 1.165) is 0 Å². The number of amides is 1. The number of rotatable bonds is 6. The van der Waals surface area contributed by atoms with E-state index in [9.17, 15) is 9.59 Å². The van der Waals surface area contributed by atoms with Gasteiger partial charge in [0.15, 0.2) is 9.58 Å². The van der Waals surface area contributed by atoms with Gasteiger partial charge < -0.3 is 5.32 Å². The van der Waals surface area contributed by atoms with Crippen LogP contribution in [0, 0.1) is 5.92 Å². The Kier molecular flexibility index (Phi) is 7.63. The third kappa shape index (κ3) is 6.33. The van der Waals surface area contributed by atoms with E-state index < -0.39 is 9.71 Å². The number of nitrogens with one attached hydrogen (secondary N) is 1. The fourth-order valence-electron chi connectivity index (χ4n) is 2.31. The van der Waals surface area contributed by atoms with E-state index in [0.29, 0.717) is 10.7 Å². The minimum absolute atomic E-state index is 0.137. The maximum Gasteiger partial charge on any atom is 0.224 e. The molecule has 0 fully saturated rings. The van der Waals surface area contributed by atoms with E-state index in [1.807, 2.05) is 6.07 Å². The summed E-state index contributed by atoms with van der Waals surface area (Å²) in [6.45, 7) is 0. The van der Waals surface area contributed by atoms with Crippen molar-refractivity contribution in [2.75, 3.05) is 5.32 Å². The molecule has 2 rings (SSSR count). The summed E-state index contributed by atoms with van der Waals surface area (Å²) in [6.07, 6.45) is -0.289. The van der Waals surface area contributed by atoms with Crippen LogP contribution in [-0.4, -0.2) is 15.5 Å². The molecule has 0 saturated carbocycles. The topological polar surface area (TPSA) is 46.2 Å². The van der Waals surface area contributed by atoms with Crippen molar-refractivity contribution in [3.63, 3.8) is 0 Å². The number of hydrogen-bond acceptors (Lipinski definition) is 2. The molecule has 26 heavy (non-hydrogen) atoms. The van der Waals surface area contributed by atoms with Gasteiger partial charge in [-0.05, 0) is 30.3 Å². The molecule has 8 heteroatoms. The number of carbonyl (C=O) groups is 2. The lowest BCUT2D eigenvalue weighted by Gasteiger charge is -2.23.